The molecule has 2 aliphatic rings. The first-order chi connectivity index (χ1) is 13.0. The SMILES string of the molecule is O=C(NCc1ccc2c(c1)OCO2)c1cnc(NC2CCS(=O)(=O)C2)cn1. The molecular formula is C17H18N4O5S. The fourth-order valence-electron chi connectivity index (χ4n) is 2.96. The van der Waals surface area contributed by atoms with Gasteiger partial charge in [-0.3, -0.25) is 4.79 Å². The van der Waals surface area contributed by atoms with Crippen molar-refractivity contribution in [3.63, 3.8) is 0 Å². The van der Waals surface area contributed by atoms with Crippen molar-refractivity contribution in [3.05, 3.63) is 41.9 Å². The van der Waals surface area contributed by atoms with Crippen molar-refractivity contribution in [2.45, 2.75) is 19.0 Å². The molecule has 0 radical (unpaired) electrons. The van der Waals surface area contributed by atoms with Gasteiger partial charge in [-0.1, -0.05) is 6.07 Å². The summed E-state index contributed by atoms with van der Waals surface area (Å²) >= 11 is 0. The molecule has 1 unspecified atom stereocenters. The highest BCUT2D eigenvalue weighted by Crippen LogP contribution is 2.32. The minimum atomic E-state index is -2.97. The summed E-state index contributed by atoms with van der Waals surface area (Å²) in [6.45, 7) is 0.519. The Morgan fingerprint density at radius 2 is 2.04 bits per heavy atom. The summed E-state index contributed by atoms with van der Waals surface area (Å²) in [5.74, 6) is 1.71. The summed E-state index contributed by atoms with van der Waals surface area (Å²) in [5.41, 5.74) is 1.06. The van der Waals surface area contributed by atoms with E-state index < -0.39 is 9.84 Å². The van der Waals surface area contributed by atoms with Gasteiger partial charge in [0.05, 0.1) is 23.9 Å². The number of nitrogens with one attached hydrogen (secondary N) is 2. The highest BCUT2D eigenvalue weighted by molar-refractivity contribution is 7.91. The van der Waals surface area contributed by atoms with Gasteiger partial charge < -0.3 is 20.1 Å². The summed E-state index contributed by atoms with van der Waals surface area (Å²) in [7, 11) is -2.97. The number of carbonyl (C=O) groups excluding carboxylic acids is 1. The molecule has 2 N–H and O–H groups in total. The molecule has 1 amide bonds. The van der Waals surface area contributed by atoms with Crippen LogP contribution in [0.25, 0.3) is 0 Å². The molecule has 27 heavy (non-hydrogen) atoms. The summed E-state index contributed by atoms with van der Waals surface area (Å²) in [6, 6.07) is 5.29. The number of hydrogen-bond donors (Lipinski definition) is 2. The fourth-order valence-corrected chi connectivity index (χ4v) is 4.63. The lowest BCUT2D eigenvalue weighted by atomic mass is 10.2. The number of carbonyl (C=O) groups is 1. The van der Waals surface area contributed by atoms with Crippen molar-refractivity contribution in [1.29, 1.82) is 0 Å². The third-order valence-corrected chi connectivity index (χ3v) is 6.13. The van der Waals surface area contributed by atoms with Crippen LogP contribution in [0, 0.1) is 0 Å². The first-order valence-corrected chi connectivity index (χ1v) is 10.3. The smallest absolute Gasteiger partial charge is 0.271 e. The molecule has 0 bridgehead atoms. The van der Waals surface area contributed by atoms with E-state index in [0.717, 1.165) is 5.56 Å². The molecule has 4 rings (SSSR count). The van der Waals surface area contributed by atoms with Gasteiger partial charge in [0.15, 0.2) is 21.3 Å². The second-order valence-electron chi connectivity index (χ2n) is 6.40. The Hall–Kier alpha value is -2.88. The van der Waals surface area contributed by atoms with Crippen molar-refractivity contribution in [3.8, 4) is 11.5 Å². The zero-order chi connectivity index (χ0) is 18.9. The van der Waals surface area contributed by atoms with E-state index in [0.29, 0.717) is 30.3 Å². The zero-order valence-corrected chi connectivity index (χ0v) is 15.2. The van der Waals surface area contributed by atoms with Gasteiger partial charge >= 0.3 is 0 Å². The van der Waals surface area contributed by atoms with Crippen LogP contribution in [0.1, 0.15) is 22.5 Å². The second kappa shape index (κ2) is 7.03. The molecule has 1 aromatic carbocycles. The van der Waals surface area contributed by atoms with Crippen LogP contribution in [0.4, 0.5) is 5.82 Å². The lowest BCUT2D eigenvalue weighted by Gasteiger charge is -2.11. The van der Waals surface area contributed by atoms with Gasteiger partial charge in [-0.15, -0.1) is 0 Å². The van der Waals surface area contributed by atoms with Crippen LogP contribution >= 0.6 is 0 Å². The van der Waals surface area contributed by atoms with Gasteiger partial charge in [-0.05, 0) is 24.1 Å². The number of nitrogens with zero attached hydrogens (tertiary/aromatic N) is 2. The molecule has 10 heteroatoms. The Kier molecular flexibility index (Phi) is 4.56. The third-order valence-electron chi connectivity index (χ3n) is 4.36. The van der Waals surface area contributed by atoms with Gasteiger partial charge in [0.2, 0.25) is 6.79 Å². The minimum Gasteiger partial charge on any atom is -0.454 e. The quantitative estimate of drug-likeness (QED) is 0.767. The molecule has 1 saturated heterocycles. The van der Waals surface area contributed by atoms with E-state index in [1.807, 2.05) is 12.1 Å². The Morgan fingerprint density at radius 1 is 1.19 bits per heavy atom. The number of rotatable bonds is 5. The van der Waals surface area contributed by atoms with E-state index in [2.05, 4.69) is 20.6 Å². The molecule has 0 spiro atoms. The maximum absolute atomic E-state index is 12.2. The van der Waals surface area contributed by atoms with Crippen molar-refractivity contribution < 1.29 is 22.7 Å². The van der Waals surface area contributed by atoms with Crippen molar-refractivity contribution in [2.24, 2.45) is 0 Å². The number of benzene rings is 1. The van der Waals surface area contributed by atoms with Crippen molar-refractivity contribution >= 4 is 21.6 Å². The summed E-state index contributed by atoms with van der Waals surface area (Å²) in [5, 5.41) is 5.81. The molecule has 0 saturated carbocycles. The van der Waals surface area contributed by atoms with Crippen LogP contribution in [-0.2, 0) is 16.4 Å². The molecule has 0 aliphatic carbocycles. The van der Waals surface area contributed by atoms with E-state index in [1.54, 1.807) is 6.07 Å². The third kappa shape index (κ3) is 4.11. The van der Waals surface area contributed by atoms with Crippen LogP contribution in [0.3, 0.4) is 0 Å². The number of anilines is 1. The molecule has 1 fully saturated rings. The Labute approximate surface area is 156 Å². The predicted molar refractivity (Wildman–Crippen MR) is 96.4 cm³/mol. The van der Waals surface area contributed by atoms with E-state index in [-0.39, 0.29) is 35.9 Å². The zero-order valence-electron chi connectivity index (χ0n) is 14.3. The van der Waals surface area contributed by atoms with Crippen LogP contribution in [-0.4, -0.2) is 48.6 Å². The topological polar surface area (TPSA) is 120 Å². The molecular weight excluding hydrogens is 372 g/mol. The highest BCUT2D eigenvalue weighted by Gasteiger charge is 2.28. The molecule has 1 atom stereocenters. The molecule has 2 aromatic rings. The highest BCUT2D eigenvalue weighted by atomic mass is 32.2. The molecule has 1 aromatic heterocycles. The Bertz CT molecular complexity index is 962. The first kappa shape index (κ1) is 17.5. The normalized spacial score (nSPS) is 19.6. The number of hydrogen-bond acceptors (Lipinski definition) is 8. The minimum absolute atomic E-state index is 0.0897. The van der Waals surface area contributed by atoms with Crippen LogP contribution in [0.2, 0.25) is 0 Å². The maximum Gasteiger partial charge on any atom is 0.271 e. The molecule has 2 aliphatic heterocycles. The van der Waals surface area contributed by atoms with E-state index in [4.69, 9.17) is 9.47 Å². The summed E-state index contributed by atoms with van der Waals surface area (Å²) in [6.07, 6.45) is 3.34. The van der Waals surface area contributed by atoms with Gasteiger partial charge in [0.25, 0.3) is 5.91 Å². The fraction of sp³-hybridized carbons (Fsp3) is 0.353. The lowest BCUT2D eigenvalue weighted by molar-refractivity contribution is 0.0945. The number of amides is 1. The Morgan fingerprint density at radius 3 is 2.78 bits per heavy atom. The van der Waals surface area contributed by atoms with Gasteiger partial charge in [0.1, 0.15) is 11.5 Å². The van der Waals surface area contributed by atoms with Crippen LogP contribution < -0.4 is 20.1 Å². The van der Waals surface area contributed by atoms with Crippen molar-refractivity contribution in [1.82, 2.24) is 15.3 Å². The monoisotopic (exact) mass is 390 g/mol. The van der Waals surface area contributed by atoms with Crippen molar-refractivity contribution in [2.75, 3.05) is 23.6 Å². The van der Waals surface area contributed by atoms with E-state index in [1.165, 1.54) is 12.4 Å². The lowest BCUT2D eigenvalue weighted by Crippen LogP contribution is -2.25. The van der Waals surface area contributed by atoms with E-state index >= 15 is 0 Å². The average Bonchev–Trinajstić information content (AvgIpc) is 3.25. The first-order valence-electron chi connectivity index (χ1n) is 8.44. The number of aromatic nitrogens is 2. The molecule has 3 heterocycles. The van der Waals surface area contributed by atoms with Gasteiger partial charge in [0, 0.05) is 12.6 Å². The second-order valence-corrected chi connectivity index (χ2v) is 8.63. The van der Waals surface area contributed by atoms with E-state index in [9.17, 15) is 13.2 Å². The average molecular weight is 390 g/mol. The molecule has 142 valence electrons. The summed E-state index contributed by atoms with van der Waals surface area (Å²) in [4.78, 5) is 20.5. The maximum atomic E-state index is 12.2. The Balaban J connectivity index is 1.32. The van der Waals surface area contributed by atoms with Gasteiger partial charge in [-0.2, -0.15) is 0 Å². The summed E-state index contributed by atoms with van der Waals surface area (Å²) < 4.78 is 33.5. The van der Waals surface area contributed by atoms with Gasteiger partial charge in [-0.25, -0.2) is 18.4 Å². The molecule has 9 nitrogen and oxygen atoms in total. The number of sulfone groups is 1. The van der Waals surface area contributed by atoms with Crippen LogP contribution in [0.5, 0.6) is 11.5 Å². The predicted octanol–water partition coefficient (Wildman–Crippen LogP) is 0.734. The van der Waals surface area contributed by atoms with Crippen LogP contribution in [0.15, 0.2) is 30.6 Å². The number of fused-ring (bicyclic) bond motifs is 1. The number of ether oxygens (including phenoxy) is 2. The standard InChI is InChI=1S/C17H18N4O5S/c22-17(20-6-11-1-2-14-15(5-11)26-10-25-14)13-7-19-16(8-18-13)21-12-3-4-27(23,24)9-12/h1-2,5,7-8,12H,3-4,6,9-10H2,(H,19,21)(H,20,22). The largest absolute Gasteiger partial charge is 0.454 e.